The van der Waals surface area contributed by atoms with E-state index in [1.54, 1.807) is 19.1 Å². The number of nitrogens with zero attached hydrogens (tertiary/aromatic N) is 3. The highest BCUT2D eigenvalue weighted by Gasteiger charge is 2.24. The Bertz CT molecular complexity index is 580. The monoisotopic (exact) mass is 304 g/mol. The van der Waals surface area contributed by atoms with Crippen LogP contribution in [-0.2, 0) is 9.53 Å². The van der Waals surface area contributed by atoms with Gasteiger partial charge >= 0.3 is 5.97 Å². The van der Waals surface area contributed by atoms with Gasteiger partial charge in [-0.25, -0.2) is 4.79 Å². The van der Waals surface area contributed by atoms with Crippen LogP contribution in [0.4, 0.5) is 5.69 Å². The zero-order valence-electron chi connectivity index (χ0n) is 12.9. The van der Waals surface area contributed by atoms with E-state index in [0.29, 0.717) is 6.42 Å². The quantitative estimate of drug-likeness (QED) is 0.361. The van der Waals surface area contributed by atoms with E-state index in [9.17, 15) is 9.59 Å². The Balaban J connectivity index is 2.95. The van der Waals surface area contributed by atoms with E-state index in [1.165, 1.54) is 12.1 Å². The standard InChI is InChI=1S/C15H20N4O3/c1-4-22-15(21)13(9-10(2)3)17-14(20)11-7-5-6-8-12(11)18-19-16/h5-8,10,13H,4,9H2,1-3H3,(H,17,20)/t13-/m0/s1. The van der Waals surface area contributed by atoms with Gasteiger partial charge in [0, 0.05) is 10.5 Å². The molecule has 0 saturated heterocycles. The third kappa shape index (κ3) is 5.10. The van der Waals surface area contributed by atoms with Gasteiger partial charge in [0.2, 0.25) is 0 Å². The van der Waals surface area contributed by atoms with Crippen LogP contribution in [0.5, 0.6) is 0 Å². The fraction of sp³-hybridized carbons (Fsp3) is 0.467. The second-order valence-electron chi connectivity index (χ2n) is 5.11. The Morgan fingerprint density at radius 1 is 1.36 bits per heavy atom. The van der Waals surface area contributed by atoms with Crippen LogP contribution in [0.15, 0.2) is 29.4 Å². The maximum atomic E-state index is 12.3. The molecule has 0 spiro atoms. The predicted octanol–water partition coefficient (Wildman–Crippen LogP) is 3.34. The van der Waals surface area contributed by atoms with Gasteiger partial charge in [0.15, 0.2) is 0 Å². The maximum Gasteiger partial charge on any atom is 0.328 e. The lowest BCUT2D eigenvalue weighted by Crippen LogP contribution is -2.42. The van der Waals surface area contributed by atoms with Gasteiger partial charge in [-0.3, -0.25) is 4.79 Å². The van der Waals surface area contributed by atoms with Crippen LogP contribution in [0, 0.1) is 5.92 Å². The summed E-state index contributed by atoms with van der Waals surface area (Å²) in [7, 11) is 0. The molecule has 1 atom stereocenters. The molecule has 0 aliphatic carbocycles. The molecule has 118 valence electrons. The van der Waals surface area contributed by atoms with Crippen LogP contribution in [0.1, 0.15) is 37.6 Å². The number of esters is 1. The summed E-state index contributed by atoms with van der Waals surface area (Å²) < 4.78 is 4.98. The summed E-state index contributed by atoms with van der Waals surface area (Å²) >= 11 is 0. The van der Waals surface area contributed by atoms with Crippen LogP contribution >= 0.6 is 0 Å². The first-order chi connectivity index (χ1) is 10.5. The van der Waals surface area contributed by atoms with Crippen molar-refractivity contribution in [3.05, 3.63) is 40.3 Å². The highest BCUT2D eigenvalue weighted by molar-refractivity contribution is 6.00. The fourth-order valence-corrected chi connectivity index (χ4v) is 1.97. The van der Waals surface area contributed by atoms with Gasteiger partial charge in [-0.2, -0.15) is 0 Å². The number of rotatable bonds is 7. The molecular formula is C15H20N4O3. The van der Waals surface area contributed by atoms with Gasteiger partial charge in [0.25, 0.3) is 5.91 Å². The summed E-state index contributed by atoms with van der Waals surface area (Å²) in [6, 6.07) is 5.67. The molecule has 1 rings (SSSR count). The largest absolute Gasteiger partial charge is 0.464 e. The average molecular weight is 304 g/mol. The number of hydrogen-bond donors (Lipinski definition) is 1. The molecule has 22 heavy (non-hydrogen) atoms. The van der Waals surface area contributed by atoms with E-state index in [-0.39, 0.29) is 23.8 Å². The lowest BCUT2D eigenvalue weighted by atomic mass is 10.0. The first-order valence-electron chi connectivity index (χ1n) is 7.11. The molecule has 1 aromatic carbocycles. The van der Waals surface area contributed by atoms with Crippen molar-refractivity contribution in [1.82, 2.24) is 5.32 Å². The van der Waals surface area contributed by atoms with E-state index in [2.05, 4.69) is 15.3 Å². The summed E-state index contributed by atoms with van der Waals surface area (Å²) in [5.41, 5.74) is 8.98. The van der Waals surface area contributed by atoms with E-state index in [0.717, 1.165) is 0 Å². The zero-order chi connectivity index (χ0) is 16.5. The third-order valence-corrected chi connectivity index (χ3v) is 2.88. The van der Waals surface area contributed by atoms with Gasteiger partial charge in [-0.15, -0.1) is 0 Å². The Hall–Kier alpha value is -2.53. The minimum Gasteiger partial charge on any atom is -0.464 e. The number of carbonyl (C=O) groups excluding carboxylic acids is 2. The molecule has 0 aromatic heterocycles. The molecule has 7 heteroatoms. The molecule has 7 nitrogen and oxygen atoms in total. The normalized spacial score (nSPS) is 11.5. The Kier molecular flexibility index (Phi) is 6.92. The maximum absolute atomic E-state index is 12.3. The minimum absolute atomic E-state index is 0.210. The molecule has 0 bridgehead atoms. The van der Waals surface area contributed by atoms with Crippen LogP contribution in [-0.4, -0.2) is 24.5 Å². The highest BCUT2D eigenvalue weighted by atomic mass is 16.5. The number of hydrogen-bond acceptors (Lipinski definition) is 4. The van der Waals surface area contributed by atoms with Crippen molar-refractivity contribution in [1.29, 1.82) is 0 Å². The molecule has 0 aliphatic rings. The third-order valence-electron chi connectivity index (χ3n) is 2.88. The van der Waals surface area contributed by atoms with E-state index < -0.39 is 17.9 Å². The number of carbonyl (C=O) groups is 2. The van der Waals surface area contributed by atoms with Crippen molar-refractivity contribution < 1.29 is 14.3 Å². The molecule has 1 N–H and O–H groups in total. The number of nitrogens with one attached hydrogen (secondary N) is 1. The highest BCUT2D eigenvalue weighted by Crippen LogP contribution is 2.19. The SMILES string of the molecule is CCOC(=O)[C@H](CC(C)C)NC(=O)c1ccccc1N=[N+]=[N-]. The molecule has 0 unspecified atom stereocenters. The van der Waals surface area contributed by atoms with Crippen LogP contribution < -0.4 is 5.32 Å². The smallest absolute Gasteiger partial charge is 0.328 e. The second kappa shape index (κ2) is 8.69. The van der Waals surface area contributed by atoms with Crippen LogP contribution in [0.2, 0.25) is 0 Å². The Morgan fingerprint density at radius 2 is 2.05 bits per heavy atom. The summed E-state index contributed by atoms with van der Waals surface area (Å²) in [4.78, 5) is 27.0. The van der Waals surface area contributed by atoms with E-state index in [1.807, 2.05) is 13.8 Å². The molecule has 1 amide bonds. The molecule has 0 aliphatic heterocycles. The van der Waals surface area contributed by atoms with Gasteiger partial charge in [0.05, 0.1) is 12.3 Å². The number of azide groups is 1. The summed E-state index contributed by atoms with van der Waals surface area (Å²) in [6.07, 6.45) is 0.467. The summed E-state index contributed by atoms with van der Waals surface area (Å²) in [6.45, 7) is 5.86. The molecule has 0 saturated carbocycles. The van der Waals surface area contributed by atoms with Crippen molar-refractivity contribution in [2.24, 2.45) is 11.0 Å². The molecule has 0 heterocycles. The first-order valence-corrected chi connectivity index (χ1v) is 7.11. The summed E-state index contributed by atoms with van der Waals surface area (Å²) in [5.74, 6) is -0.727. The van der Waals surface area contributed by atoms with Gasteiger partial charge < -0.3 is 10.1 Å². The fourth-order valence-electron chi connectivity index (χ4n) is 1.97. The van der Waals surface area contributed by atoms with Crippen molar-refractivity contribution in [3.8, 4) is 0 Å². The second-order valence-corrected chi connectivity index (χ2v) is 5.11. The average Bonchev–Trinajstić information content (AvgIpc) is 2.47. The first kappa shape index (κ1) is 17.5. The van der Waals surface area contributed by atoms with Crippen LogP contribution in [0.25, 0.3) is 10.4 Å². The molecule has 0 radical (unpaired) electrons. The van der Waals surface area contributed by atoms with Crippen LogP contribution in [0.3, 0.4) is 0 Å². The van der Waals surface area contributed by atoms with Gasteiger partial charge in [-0.1, -0.05) is 37.2 Å². The minimum atomic E-state index is -0.730. The van der Waals surface area contributed by atoms with Crippen molar-refractivity contribution in [2.45, 2.75) is 33.2 Å². The lowest BCUT2D eigenvalue weighted by Gasteiger charge is -2.19. The van der Waals surface area contributed by atoms with Crippen molar-refractivity contribution in [2.75, 3.05) is 6.61 Å². The lowest BCUT2D eigenvalue weighted by molar-refractivity contribution is -0.145. The Morgan fingerprint density at radius 3 is 2.64 bits per heavy atom. The molecular weight excluding hydrogens is 284 g/mol. The predicted molar refractivity (Wildman–Crippen MR) is 82.6 cm³/mol. The van der Waals surface area contributed by atoms with Crippen molar-refractivity contribution >= 4 is 17.6 Å². The van der Waals surface area contributed by atoms with E-state index in [4.69, 9.17) is 10.3 Å². The van der Waals surface area contributed by atoms with Crippen molar-refractivity contribution in [3.63, 3.8) is 0 Å². The summed E-state index contributed by atoms with van der Waals surface area (Å²) in [5, 5.41) is 6.13. The van der Waals surface area contributed by atoms with Gasteiger partial charge in [0.1, 0.15) is 6.04 Å². The zero-order valence-corrected chi connectivity index (χ0v) is 12.9. The number of amides is 1. The Labute approximate surface area is 129 Å². The topological polar surface area (TPSA) is 104 Å². The van der Waals surface area contributed by atoms with E-state index >= 15 is 0 Å². The number of ether oxygens (including phenoxy) is 1. The number of benzene rings is 1. The molecule has 1 aromatic rings. The molecule has 0 fully saturated rings. The van der Waals surface area contributed by atoms with Gasteiger partial charge in [-0.05, 0) is 30.9 Å².